The van der Waals surface area contributed by atoms with E-state index in [2.05, 4.69) is 6.58 Å². The zero-order valence-corrected chi connectivity index (χ0v) is 7.08. The summed E-state index contributed by atoms with van der Waals surface area (Å²) in [4.78, 5) is 0. The minimum Gasteiger partial charge on any atom is -0.384 e. The molecule has 2 nitrogen and oxygen atoms in total. The summed E-state index contributed by atoms with van der Waals surface area (Å²) in [5.41, 5.74) is 0. The second-order valence-corrected chi connectivity index (χ2v) is 3.04. The third kappa shape index (κ3) is 2.64. The van der Waals surface area contributed by atoms with E-state index in [1.807, 2.05) is 6.08 Å². The fourth-order valence-electron chi connectivity index (χ4n) is 1.48. The Morgan fingerprint density at radius 1 is 1.73 bits per heavy atom. The highest BCUT2D eigenvalue weighted by Gasteiger charge is 2.23. The summed E-state index contributed by atoms with van der Waals surface area (Å²) >= 11 is 0. The molecule has 0 bridgehead atoms. The van der Waals surface area contributed by atoms with Crippen molar-refractivity contribution < 1.29 is 9.47 Å². The molecule has 1 saturated heterocycles. The van der Waals surface area contributed by atoms with Gasteiger partial charge in [0.15, 0.2) is 0 Å². The largest absolute Gasteiger partial charge is 0.384 e. The maximum absolute atomic E-state index is 5.51. The molecule has 1 rings (SSSR count). The van der Waals surface area contributed by atoms with Gasteiger partial charge in [0.25, 0.3) is 0 Å². The van der Waals surface area contributed by atoms with Crippen molar-refractivity contribution in [1.82, 2.24) is 0 Å². The molecule has 2 atom stereocenters. The van der Waals surface area contributed by atoms with Crippen LogP contribution in [0.25, 0.3) is 0 Å². The molecule has 64 valence electrons. The van der Waals surface area contributed by atoms with E-state index in [1.165, 1.54) is 0 Å². The van der Waals surface area contributed by atoms with E-state index in [0.29, 0.717) is 12.0 Å². The van der Waals surface area contributed by atoms with Crippen molar-refractivity contribution >= 4 is 0 Å². The van der Waals surface area contributed by atoms with E-state index in [0.717, 1.165) is 26.1 Å². The van der Waals surface area contributed by atoms with Crippen LogP contribution in [-0.2, 0) is 9.47 Å². The van der Waals surface area contributed by atoms with Crippen LogP contribution in [0, 0.1) is 5.92 Å². The average molecular weight is 156 g/mol. The Balaban J connectivity index is 2.17. The molecular weight excluding hydrogens is 140 g/mol. The summed E-state index contributed by atoms with van der Waals surface area (Å²) in [6, 6.07) is 0. The smallest absolute Gasteiger partial charge is 0.0613 e. The van der Waals surface area contributed by atoms with Crippen LogP contribution >= 0.6 is 0 Å². The fraction of sp³-hybridized carbons (Fsp3) is 0.778. The van der Waals surface area contributed by atoms with Crippen LogP contribution in [0.15, 0.2) is 12.7 Å². The molecule has 11 heavy (non-hydrogen) atoms. The molecule has 0 saturated carbocycles. The van der Waals surface area contributed by atoms with E-state index in [9.17, 15) is 0 Å². The van der Waals surface area contributed by atoms with Gasteiger partial charge in [-0.3, -0.25) is 0 Å². The van der Waals surface area contributed by atoms with E-state index in [-0.39, 0.29) is 0 Å². The molecule has 1 aliphatic rings. The molecule has 0 radical (unpaired) electrons. The molecule has 0 aromatic heterocycles. The van der Waals surface area contributed by atoms with E-state index < -0.39 is 0 Å². The lowest BCUT2D eigenvalue weighted by molar-refractivity contribution is 0.0961. The molecule has 0 unspecified atom stereocenters. The Bertz CT molecular complexity index is 123. The molecule has 1 heterocycles. The van der Waals surface area contributed by atoms with Crippen LogP contribution in [0.4, 0.5) is 0 Å². The van der Waals surface area contributed by atoms with Gasteiger partial charge in [0.2, 0.25) is 0 Å². The van der Waals surface area contributed by atoms with Gasteiger partial charge in [-0.25, -0.2) is 0 Å². The van der Waals surface area contributed by atoms with Crippen molar-refractivity contribution in [3.63, 3.8) is 0 Å². The van der Waals surface area contributed by atoms with Crippen molar-refractivity contribution in [1.29, 1.82) is 0 Å². The van der Waals surface area contributed by atoms with Crippen molar-refractivity contribution in [2.75, 3.05) is 20.3 Å². The first-order valence-corrected chi connectivity index (χ1v) is 4.08. The lowest BCUT2D eigenvalue weighted by atomic mass is 10.1. The number of methoxy groups -OCH3 is 1. The summed E-state index contributed by atoms with van der Waals surface area (Å²) in [5.74, 6) is 0.602. The molecule has 0 N–H and O–H groups in total. The minimum absolute atomic E-state index is 0.396. The molecule has 1 aliphatic heterocycles. The van der Waals surface area contributed by atoms with Crippen molar-refractivity contribution in [2.45, 2.75) is 18.9 Å². The number of hydrogen-bond acceptors (Lipinski definition) is 2. The van der Waals surface area contributed by atoms with Crippen LogP contribution in [0.3, 0.4) is 0 Å². The molecule has 0 aromatic carbocycles. The summed E-state index contributed by atoms with van der Waals surface area (Å²) in [7, 11) is 1.74. The molecule has 1 fully saturated rings. The van der Waals surface area contributed by atoms with Gasteiger partial charge in [0, 0.05) is 13.0 Å². The van der Waals surface area contributed by atoms with Gasteiger partial charge < -0.3 is 9.47 Å². The monoisotopic (exact) mass is 156 g/mol. The summed E-state index contributed by atoms with van der Waals surface area (Å²) in [5, 5.41) is 0. The highest BCUT2D eigenvalue weighted by atomic mass is 16.5. The van der Waals surface area contributed by atoms with E-state index >= 15 is 0 Å². The van der Waals surface area contributed by atoms with Crippen molar-refractivity contribution in [2.24, 2.45) is 5.92 Å². The fourth-order valence-corrected chi connectivity index (χ4v) is 1.48. The van der Waals surface area contributed by atoms with Gasteiger partial charge in [0.1, 0.15) is 0 Å². The van der Waals surface area contributed by atoms with Crippen LogP contribution in [0.5, 0.6) is 0 Å². The van der Waals surface area contributed by atoms with Gasteiger partial charge in [-0.1, -0.05) is 6.08 Å². The quantitative estimate of drug-likeness (QED) is 0.576. The maximum atomic E-state index is 5.51. The zero-order valence-electron chi connectivity index (χ0n) is 7.08. The minimum atomic E-state index is 0.396. The molecule has 2 heteroatoms. The number of hydrogen-bond donors (Lipinski definition) is 0. The molecule has 0 aromatic rings. The van der Waals surface area contributed by atoms with E-state index in [1.54, 1.807) is 7.11 Å². The predicted molar refractivity (Wildman–Crippen MR) is 44.5 cm³/mol. The van der Waals surface area contributed by atoms with Gasteiger partial charge in [-0.2, -0.15) is 0 Å². The number of rotatable bonds is 4. The van der Waals surface area contributed by atoms with Crippen LogP contribution in [0.2, 0.25) is 0 Å². The highest BCUT2D eigenvalue weighted by Crippen LogP contribution is 2.21. The summed E-state index contributed by atoms with van der Waals surface area (Å²) in [6.45, 7) is 5.36. The van der Waals surface area contributed by atoms with E-state index in [4.69, 9.17) is 9.47 Å². The van der Waals surface area contributed by atoms with Crippen LogP contribution in [-0.4, -0.2) is 26.4 Å². The molecule has 0 spiro atoms. The van der Waals surface area contributed by atoms with Crippen LogP contribution < -0.4 is 0 Å². The van der Waals surface area contributed by atoms with Gasteiger partial charge in [0.05, 0.1) is 19.3 Å². The van der Waals surface area contributed by atoms with Crippen LogP contribution in [0.1, 0.15) is 12.8 Å². The normalized spacial score (nSPS) is 30.6. The molecular formula is C9H16O2. The first-order chi connectivity index (χ1) is 5.36. The zero-order chi connectivity index (χ0) is 8.10. The summed E-state index contributed by atoms with van der Waals surface area (Å²) < 4.78 is 10.6. The topological polar surface area (TPSA) is 18.5 Å². The summed E-state index contributed by atoms with van der Waals surface area (Å²) in [6.07, 6.45) is 4.41. The average Bonchev–Trinajstić information content (AvgIpc) is 2.38. The van der Waals surface area contributed by atoms with Gasteiger partial charge in [-0.15, -0.1) is 6.58 Å². The Morgan fingerprint density at radius 2 is 2.55 bits per heavy atom. The predicted octanol–water partition coefficient (Wildman–Crippen LogP) is 1.61. The van der Waals surface area contributed by atoms with Crippen molar-refractivity contribution in [3.05, 3.63) is 12.7 Å². The third-order valence-electron chi connectivity index (χ3n) is 2.00. The Labute approximate surface area is 68.2 Å². The van der Waals surface area contributed by atoms with Gasteiger partial charge >= 0.3 is 0 Å². The second-order valence-electron chi connectivity index (χ2n) is 3.04. The standard InChI is InChI=1S/C9H16O2/c1-3-4-9-5-8(6-10-2)7-11-9/h3,8-9H,1,4-7H2,2H3/t8-,9-/m1/s1. The lowest BCUT2D eigenvalue weighted by Crippen LogP contribution is -2.07. The van der Waals surface area contributed by atoms with Crippen molar-refractivity contribution in [3.8, 4) is 0 Å². The Kier molecular flexibility index (Phi) is 3.60. The second kappa shape index (κ2) is 4.52. The first-order valence-electron chi connectivity index (χ1n) is 4.08. The third-order valence-corrected chi connectivity index (χ3v) is 2.00. The Morgan fingerprint density at radius 3 is 3.18 bits per heavy atom. The molecule has 0 aliphatic carbocycles. The maximum Gasteiger partial charge on any atom is 0.0613 e. The number of ether oxygens (including phenoxy) is 2. The highest BCUT2D eigenvalue weighted by molar-refractivity contribution is 4.80. The SMILES string of the molecule is C=CC[C@@H]1C[C@H](COC)CO1. The van der Waals surface area contributed by atoms with Gasteiger partial charge in [-0.05, 0) is 12.8 Å². The molecule has 0 amide bonds. The Hall–Kier alpha value is -0.340. The first kappa shape index (κ1) is 8.75. The lowest BCUT2D eigenvalue weighted by Gasteiger charge is -2.05.